The lowest BCUT2D eigenvalue weighted by Gasteiger charge is -2.32. The Bertz CT molecular complexity index is 1820. The molecule has 0 saturated heterocycles. The second kappa shape index (κ2) is 12.5. The Labute approximate surface area is 253 Å². The number of benzene rings is 2. The van der Waals surface area contributed by atoms with Crippen LogP contribution in [0, 0.1) is 17.5 Å². The molecule has 2 N–H and O–H groups in total. The number of nitrogens with one attached hydrogen (secondary N) is 2. The van der Waals surface area contributed by atoms with Crippen LogP contribution in [0.2, 0.25) is 0 Å². The Morgan fingerprint density at radius 2 is 1.64 bits per heavy atom. The second-order valence-electron chi connectivity index (χ2n) is 11.5. The molecule has 234 valence electrons. The molecule has 14 heteroatoms. The zero-order valence-corrected chi connectivity index (χ0v) is 25.6. The van der Waals surface area contributed by atoms with E-state index in [0.717, 1.165) is 49.9 Å². The monoisotopic (exact) mass is 629 g/mol. The van der Waals surface area contributed by atoms with Gasteiger partial charge in [0.05, 0.1) is 11.9 Å². The van der Waals surface area contributed by atoms with E-state index in [1.54, 1.807) is 13.8 Å². The fraction of sp³-hybridized carbons (Fsp3) is 0.400. The van der Waals surface area contributed by atoms with Crippen LogP contribution in [0.5, 0.6) is 0 Å². The average molecular weight is 630 g/mol. The van der Waals surface area contributed by atoms with E-state index < -0.39 is 44.5 Å². The van der Waals surface area contributed by atoms with Gasteiger partial charge >= 0.3 is 0 Å². The van der Waals surface area contributed by atoms with E-state index in [1.807, 2.05) is 4.72 Å². The molecule has 2 heterocycles. The number of nitrogens with zero attached hydrogens (tertiary/aromatic N) is 5. The summed E-state index contributed by atoms with van der Waals surface area (Å²) in [5.41, 5.74) is -1.19. The third kappa shape index (κ3) is 6.86. The van der Waals surface area contributed by atoms with Crippen molar-refractivity contribution < 1.29 is 21.6 Å². The van der Waals surface area contributed by atoms with Crippen LogP contribution in [0.4, 0.5) is 24.8 Å². The maximum atomic E-state index is 15.2. The van der Waals surface area contributed by atoms with Crippen LogP contribution in [-0.4, -0.2) is 59.0 Å². The number of aromatic nitrogens is 4. The second-order valence-corrected chi connectivity index (χ2v) is 13.3. The zero-order valence-electron chi connectivity index (χ0n) is 24.8. The van der Waals surface area contributed by atoms with Gasteiger partial charge < -0.3 is 10.2 Å². The number of fused-ring (bicyclic) bond motifs is 1. The van der Waals surface area contributed by atoms with Gasteiger partial charge in [0.2, 0.25) is 16.0 Å². The van der Waals surface area contributed by atoms with Crippen molar-refractivity contribution >= 4 is 32.8 Å². The van der Waals surface area contributed by atoms with E-state index in [0.29, 0.717) is 12.0 Å². The number of hydrogen-bond donors (Lipinski definition) is 2. The molecule has 44 heavy (non-hydrogen) atoms. The first kappa shape index (κ1) is 31.4. The Balaban J connectivity index is 1.43. The normalized spacial score (nSPS) is 17.4. The SMILES string of the molecule is CC(C)n1c(=O)c(-c2cc(F)c(NS(=O)(=O)Cc3ccc(F)cc3)c(F)c2)nc2cnc(N[C@H]3CC[C@H](N(C)C)CC3)nc21. The maximum absolute atomic E-state index is 15.2. The third-order valence-electron chi connectivity index (χ3n) is 7.75. The van der Waals surface area contributed by atoms with Crippen LogP contribution in [0.15, 0.2) is 47.4 Å². The van der Waals surface area contributed by atoms with E-state index in [4.69, 9.17) is 0 Å². The molecule has 1 fully saturated rings. The first-order valence-electron chi connectivity index (χ1n) is 14.3. The highest BCUT2D eigenvalue weighted by Gasteiger charge is 2.25. The Morgan fingerprint density at radius 3 is 2.23 bits per heavy atom. The topological polar surface area (TPSA) is 122 Å². The lowest BCUT2D eigenvalue weighted by Crippen LogP contribution is -2.36. The summed E-state index contributed by atoms with van der Waals surface area (Å²) in [6.07, 6.45) is 5.45. The molecule has 1 aliphatic rings. The van der Waals surface area contributed by atoms with Gasteiger partial charge in [-0.3, -0.25) is 14.1 Å². The smallest absolute Gasteiger partial charge is 0.278 e. The lowest BCUT2D eigenvalue weighted by atomic mass is 9.91. The molecule has 0 amide bonds. The van der Waals surface area contributed by atoms with Crippen LogP contribution >= 0.6 is 0 Å². The molecule has 2 aromatic heterocycles. The molecule has 0 bridgehead atoms. The van der Waals surface area contributed by atoms with Crippen molar-refractivity contribution in [1.29, 1.82) is 0 Å². The Morgan fingerprint density at radius 1 is 1.00 bits per heavy atom. The van der Waals surface area contributed by atoms with Crippen molar-refractivity contribution in [2.45, 2.75) is 63.4 Å². The summed E-state index contributed by atoms with van der Waals surface area (Å²) in [6, 6.07) is 6.72. The van der Waals surface area contributed by atoms with Crippen molar-refractivity contribution in [3.63, 3.8) is 0 Å². The molecule has 0 aliphatic heterocycles. The minimum absolute atomic E-state index is 0.178. The number of sulfonamides is 1. The van der Waals surface area contributed by atoms with Crippen LogP contribution in [-0.2, 0) is 15.8 Å². The van der Waals surface area contributed by atoms with Crippen LogP contribution in [0.3, 0.4) is 0 Å². The molecule has 4 aromatic rings. The van der Waals surface area contributed by atoms with Gasteiger partial charge in [-0.1, -0.05) is 12.1 Å². The molecule has 0 unspecified atom stereocenters. The fourth-order valence-electron chi connectivity index (χ4n) is 5.46. The minimum atomic E-state index is -4.26. The predicted octanol–water partition coefficient (Wildman–Crippen LogP) is 5.08. The van der Waals surface area contributed by atoms with Gasteiger partial charge in [0.25, 0.3) is 5.56 Å². The molecule has 0 spiro atoms. The lowest BCUT2D eigenvalue weighted by molar-refractivity contribution is 0.221. The highest BCUT2D eigenvalue weighted by atomic mass is 32.2. The minimum Gasteiger partial charge on any atom is -0.351 e. The summed E-state index contributed by atoms with van der Waals surface area (Å²) in [4.78, 5) is 29.2. The largest absolute Gasteiger partial charge is 0.351 e. The molecule has 10 nitrogen and oxygen atoms in total. The van der Waals surface area contributed by atoms with E-state index in [1.165, 1.54) is 22.9 Å². The van der Waals surface area contributed by atoms with E-state index in [-0.39, 0.29) is 40.1 Å². The van der Waals surface area contributed by atoms with Gasteiger partial charge in [0.1, 0.15) is 22.7 Å². The van der Waals surface area contributed by atoms with Gasteiger partial charge in [-0.15, -0.1) is 0 Å². The molecule has 0 radical (unpaired) electrons. The number of halogens is 3. The van der Waals surface area contributed by atoms with E-state index >= 15 is 8.78 Å². The van der Waals surface area contributed by atoms with Crippen molar-refractivity contribution in [2.75, 3.05) is 24.1 Å². The molecule has 0 atom stereocenters. The quantitative estimate of drug-likeness (QED) is 0.263. The molecule has 1 saturated carbocycles. The number of anilines is 2. The van der Waals surface area contributed by atoms with E-state index in [9.17, 15) is 17.6 Å². The van der Waals surface area contributed by atoms with Gasteiger partial charge in [0, 0.05) is 23.7 Å². The fourth-order valence-corrected chi connectivity index (χ4v) is 6.67. The highest BCUT2D eigenvalue weighted by molar-refractivity contribution is 7.91. The first-order valence-corrected chi connectivity index (χ1v) is 15.9. The maximum Gasteiger partial charge on any atom is 0.278 e. The molecule has 5 rings (SSSR count). The summed E-state index contributed by atoms with van der Waals surface area (Å²) in [7, 11) is -0.104. The highest BCUT2D eigenvalue weighted by Crippen LogP contribution is 2.29. The van der Waals surface area contributed by atoms with Crippen molar-refractivity contribution in [2.24, 2.45) is 0 Å². The summed E-state index contributed by atoms with van der Waals surface area (Å²) in [5, 5.41) is 3.37. The molecular formula is C30H34F3N7O3S. The molecular weight excluding hydrogens is 595 g/mol. The molecule has 2 aromatic carbocycles. The van der Waals surface area contributed by atoms with Gasteiger partial charge in [0.15, 0.2) is 17.3 Å². The number of hydrogen-bond acceptors (Lipinski definition) is 8. The third-order valence-corrected chi connectivity index (χ3v) is 8.98. The van der Waals surface area contributed by atoms with Crippen LogP contribution in [0.25, 0.3) is 22.4 Å². The van der Waals surface area contributed by atoms with Gasteiger partial charge in [-0.2, -0.15) is 4.98 Å². The van der Waals surface area contributed by atoms with Crippen molar-refractivity contribution in [3.05, 3.63) is 76.0 Å². The summed E-state index contributed by atoms with van der Waals surface area (Å²) in [5.74, 6) is -3.29. The Hall–Kier alpha value is -4.04. The predicted molar refractivity (Wildman–Crippen MR) is 163 cm³/mol. The molecule has 1 aliphatic carbocycles. The van der Waals surface area contributed by atoms with Crippen molar-refractivity contribution in [1.82, 2.24) is 24.4 Å². The van der Waals surface area contributed by atoms with Crippen molar-refractivity contribution in [3.8, 4) is 11.3 Å². The van der Waals surface area contributed by atoms with Gasteiger partial charge in [-0.05, 0) is 83.5 Å². The van der Waals surface area contributed by atoms with E-state index in [2.05, 4.69) is 39.3 Å². The zero-order chi connectivity index (χ0) is 31.8. The summed E-state index contributed by atoms with van der Waals surface area (Å²) < 4.78 is 72.0. The summed E-state index contributed by atoms with van der Waals surface area (Å²) in [6.45, 7) is 3.56. The van der Waals surface area contributed by atoms with Gasteiger partial charge in [-0.25, -0.2) is 31.6 Å². The summed E-state index contributed by atoms with van der Waals surface area (Å²) >= 11 is 0. The average Bonchev–Trinajstić information content (AvgIpc) is 2.95. The van der Waals surface area contributed by atoms with Crippen LogP contribution < -0.4 is 15.6 Å². The first-order chi connectivity index (χ1) is 20.8. The number of rotatable bonds is 9. The Kier molecular flexibility index (Phi) is 8.93. The standard InChI is InChI=1S/C30H34F3N7O3S/c1-17(2)40-28-25(15-34-30(37-28)35-21-9-11-22(12-10-21)39(3)4)36-26(29(40)41)19-13-23(32)27(24(33)14-19)38-44(42,43)16-18-5-7-20(31)8-6-18/h5-8,13-15,17,21-22,38H,9-12,16H2,1-4H3,(H,34,35,37)/t21-,22-. The van der Waals surface area contributed by atoms with Crippen LogP contribution in [0.1, 0.15) is 51.1 Å².